The summed E-state index contributed by atoms with van der Waals surface area (Å²) < 4.78 is 5.65. The van der Waals surface area contributed by atoms with Crippen LogP contribution in [0.4, 0.5) is 5.69 Å². The molecular formula is C17H15NO2. The standard InChI is InChI=1S/C17H15NO2/c1-11-5-3-8-14(9-11)18-17(19)15-10-13-7-4-6-12(2)16(13)20-15/h3-10H,1-2H3,(H,18,19). The first-order valence-electron chi connectivity index (χ1n) is 6.51. The number of para-hydroxylation sites is 1. The number of anilines is 1. The second-order valence-corrected chi connectivity index (χ2v) is 4.93. The Balaban J connectivity index is 1.91. The number of furan rings is 1. The van der Waals surface area contributed by atoms with Crippen LogP contribution in [0, 0.1) is 13.8 Å². The molecular weight excluding hydrogens is 250 g/mol. The van der Waals surface area contributed by atoms with Crippen LogP contribution in [0.1, 0.15) is 21.7 Å². The normalized spacial score (nSPS) is 10.7. The van der Waals surface area contributed by atoms with Crippen LogP contribution in [0.15, 0.2) is 52.9 Å². The minimum atomic E-state index is -0.230. The summed E-state index contributed by atoms with van der Waals surface area (Å²) in [7, 11) is 0. The largest absolute Gasteiger partial charge is 0.451 e. The van der Waals surface area contributed by atoms with Crippen molar-refractivity contribution < 1.29 is 9.21 Å². The summed E-state index contributed by atoms with van der Waals surface area (Å²) in [5.74, 6) is 0.0991. The fourth-order valence-corrected chi connectivity index (χ4v) is 2.24. The lowest BCUT2D eigenvalue weighted by molar-refractivity contribution is 0.0998. The number of fused-ring (bicyclic) bond motifs is 1. The fourth-order valence-electron chi connectivity index (χ4n) is 2.24. The molecule has 1 heterocycles. The summed E-state index contributed by atoms with van der Waals surface area (Å²) in [5, 5.41) is 3.79. The van der Waals surface area contributed by atoms with Gasteiger partial charge in [-0.25, -0.2) is 0 Å². The highest BCUT2D eigenvalue weighted by molar-refractivity contribution is 6.04. The van der Waals surface area contributed by atoms with E-state index in [2.05, 4.69) is 5.32 Å². The van der Waals surface area contributed by atoms with Gasteiger partial charge in [-0.1, -0.05) is 30.3 Å². The van der Waals surface area contributed by atoms with Crippen LogP contribution in [0.5, 0.6) is 0 Å². The van der Waals surface area contributed by atoms with E-state index in [0.29, 0.717) is 5.76 Å². The van der Waals surface area contributed by atoms with Crippen LogP contribution >= 0.6 is 0 Å². The molecule has 2 aromatic carbocycles. The van der Waals surface area contributed by atoms with Crippen LogP contribution in [0.3, 0.4) is 0 Å². The quantitative estimate of drug-likeness (QED) is 0.750. The molecule has 1 aromatic heterocycles. The van der Waals surface area contributed by atoms with Crippen molar-refractivity contribution in [2.45, 2.75) is 13.8 Å². The van der Waals surface area contributed by atoms with Gasteiger partial charge in [0.15, 0.2) is 5.76 Å². The predicted molar refractivity (Wildman–Crippen MR) is 80.1 cm³/mol. The number of rotatable bonds is 2. The minimum absolute atomic E-state index is 0.230. The third kappa shape index (κ3) is 2.30. The summed E-state index contributed by atoms with van der Waals surface area (Å²) in [5.41, 5.74) is 3.66. The van der Waals surface area contributed by atoms with Crippen molar-refractivity contribution in [3.8, 4) is 0 Å². The van der Waals surface area contributed by atoms with E-state index in [1.54, 1.807) is 6.07 Å². The first-order valence-corrected chi connectivity index (χ1v) is 6.51. The molecule has 3 heteroatoms. The van der Waals surface area contributed by atoms with Gasteiger partial charge in [-0.05, 0) is 43.2 Å². The third-order valence-electron chi connectivity index (χ3n) is 3.24. The maximum Gasteiger partial charge on any atom is 0.291 e. The average Bonchev–Trinajstić information content (AvgIpc) is 2.84. The maximum atomic E-state index is 12.2. The number of benzene rings is 2. The van der Waals surface area contributed by atoms with Crippen molar-refractivity contribution in [3.63, 3.8) is 0 Å². The van der Waals surface area contributed by atoms with Crippen molar-refractivity contribution in [2.75, 3.05) is 5.32 Å². The molecule has 0 radical (unpaired) electrons. The smallest absolute Gasteiger partial charge is 0.291 e. The van der Waals surface area contributed by atoms with E-state index in [1.807, 2.05) is 56.3 Å². The van der Waals surface area contributed by atoms with Crippen LogP contribution in [0.2, 0.25) is 0 Å². The lowest BCUT2D eigenvalue weighted by Crippen LogP contribution is -2.10. The first kappa shape index (κ1) is 12.5. The average molecular weight is 265 g/mol. The fraction of sp³-hybridized carbons (Fsp3) is 0.118. The number of carbonyl (C=O) groups is 1. The Morgan fingerprint density at radius 3 is 2.60 bits per heavy atom. The topological polar surface area (TPSA) is 42.2 Å². The van der Waals surface area contributed by atoms with Crippen LogP contribution in [-0.4, -0.2) is 5.91 Å². The molecule has 0 aliphatic carbocycles. The summed E-state index contributed by atoms with van der Waals surface area (Å²) in [4.78, 5) is 12.2. The van der Waals surface area contributed by atoms with Crippen molar-refractivity contribution in [3.05, 3.63) is 65.4 Å². The van der Waals surface area contributed by atoms with E-state index < -0.39 is 0 Å². The van der Waals surface area contributed by atoms with E-state index in [0.717, 1.165) is 27.8 Å². The molecule has 0 bridgehead atoms. The van der Waals surface area contributed by atoms with Gasteiger partial charge in [0.2, 0.25) is 0 Å². The van der Waals surface area contributed by atoms with Crippen LogP contribution < -0.4 is 5.32 Å². The molecule has 0 unspecified atom stereocenters. The Bertz CT molecular complexity index is 787. The zero-order chi connectivity index (χ0) is 14.1. The van der Waals surface area contributed by atoms with Gasteiger partial charge in [0.05, 0.1) is 0 Å². The Kier molecular flexibility index (Phi) is 3.03. The molecule has 3 nitrogen and oxygen atoms in total. The lowest BCUT2D eigenvalue weighted by Gasteiger charge is -2.03. The molecule has 1 amide bonds. The van der Waals surface area contributed by atoms with Gasteiger partial charge in [-0.2, -0.15) is 0 Å². The second-order valence-electron chi connectivity index (χ2n) is 4.93. The Morgan fingerprint density at radius 1 is 1.05 bits per heavy atom. The van der Waals surface area contributed by atoms with E-state index in [4.69, 9.17) is 4.42 Å². The molecule has 3 rings (SSSR count). The first-order chi connectivity index (χ1) is 9.63. The second kappa shape index (κ2) is 4.85. The zero-order valence-electron chi connectivity index (χ0n) is 11.4. The molecule has 0 aliphatic rings. The van der Waals surface area contributed by atoms with E-state index >= 15 is 0 Å². The summed E-state index contributed by atoms with van der Waals surface area (Å²) in [6.07, 6.45) is 0. The SMILES string of the molecule is Cc1cccc(NC(=O)c2cc3cccc(C)c3o2)c1. The highest BCUT2D eigenvalue weighted by Gasteiger charge is 2.13. The van der Waals surface area contributed by atoms with Crippen molar-refractivity contribution in [1.82, 2.24) is 0 Å². The molecule has 0 saturated heterocycles. The summed E-state index contributed by atoms with van der Waals surface area (Å²) in [6, 6.07) is 15.3. The molecule has 0 saturated carbocycles. The van der Waals surface area contributed by atoms with Gasteiger partial charge in [0, 0.05) is 11.1 Å². The molecule has 0 aliphatic heterocycles. The van der Waals surface area contributed by atoms with Crippen LogP contribution in [-0.2, 0) is 0 Å². The summed E-state index contributed by atoms with van der Waals surface area (Å²) in [6.45, 7) is 3.95. The molecule has 0 atom stereocenters. The lowest BCUT2D eigenvalue weighted by atomic mass is 10.2. The van der Waals surface area contributed by atoms with Gasteiger partial charge in [-0.3, -0.25) is 4.79 Å². The van der Waals surface area contributed by atoms with E-state index in [-0.39, 0.29) is 5.91 Å². The number of nitrogens with one attached hydrogen (secondary N) is 1. The number of hydrogen-bond donors (Lipinski definition) is 1. The summed E-state index contributed by atoms with van der Waals surface area (Å²) >= 11 is 0. The van der Waals surface area contributed by atoms with Crippen LogP contribution in [0.25, 0.3) is 11.0 Å². The van der Waals surface area contributed by atoms with E-state index in [9.17, 15) is 4.79 Å². The number of hydrogen-bond acceptors (Lipinski definition) is 2. The Labute approximate surface area is 117 Å². The van der Waals surface area contributed by atoms with Gasteiger partial charge in [-0.15, -0.1) is 0 Å². The molecule has 20 heavy (non-hydrogen) atoms. The zero-order valence-corrected chi connectivity index (χ0v) is 11.4. The highest BCUT2D eigenvalue weighted by atomic mass is 16.3. The minimum Gasteiger partial charge on any atom is -0.451 e. The molecule has 0 spiro atoms. The predicted octanol–water partition coefficient (Wildman–Crippen LogP) is 4.30. The van der Waals surface area contributed by atoms with Gasteiger partial charge < -0.3 is 9.73 Å². The molecule has 3 aromatic rings. The third-order valence-corrected chi connectivity index (χ3v) is 3.24. The number of carbonyl (C=O) groups excluding carboxylic acids is 1. The number of aryl methyl sites for hydroxylation is 2. The Morgan fingerprint density at radius 2 is 1.85 bits per heavy atom. The molecule has 0 fully saturated rings. The Hall–Kier alpha value is -2.55. The maximum absolute atomic E-state index is 12.2. The number of amides is 1. The molecule has 1 N–H and O–H groups in total. The van der Waals surface area contributed by atoms with Crippen molar-refractivity contribution in [2.24, 2.45) is 0 Å². The van der Waals surface area contributed by atoms with Crippen molar-refractivity contribution in [1.29, 1.82) is 0 Å². The van der Waals surface area contributed by atoms with Gasteiger partial charge in [0.1, 0.15) is 5.58 Å². The monoisotopic (exact) mass is 265 g/mol. The molecule has 100 valence electrons. The van der Waals surface area contributed by atoms with Crippen molar-refractivity contribution >= 4 is 22.6 Å². The van der Waals surface area contributed by atoms with E-state index in [1.165, 1.54) is 0 Å². The van der Waals surface area contributed by atoms with Gasteiger partial charge in [0.25, 0.3) is 5.91 Å². The highest BCUT2D eigenvalue weighted by Crippen LogP contribution is 2.23. The van der Waals surface area contributed by atoms with Gasteiger partial charge >= 0.3 is 0 Å².